The maximum absolute atomic E-state index is 4.50. The number of para-hydroxylation sites is 2. The fraction of sp³-hybridized carbons (Fsp3) is 0.364. The molecule has 0 saturated carbocycles. The van der Waals surface area contributed by atoms with Gasteiger partial charge < -0.3 is 9.88 Å². The molecule has 0 aliphatic rings. The van der Waals surface area contributed by atoms with E-state index in [1.54, 1.807) is 0 Å². The quantitative estimate of drug-likeness (QED) is 0.803. The fourth-order valence-corrected chi connectivity index (χ4v) is 1.54. The second-order valence-corrected chi connectivity index (χ2v) is 3.41. The Kier molecular flexibility index (Phi) is 2.39. The molecule has 0 amide bonds. The maximum Gasteiger partial charge on any atom is 0.203 e. The molecule has 3 heteroatoms. The summed E-state index contributed by atoms with van der Waals surface area (Å²) < 4.78 is 2.09. The van der Waals surface area contributed by atoms with Gasteiger partial charge in [0.2, 0.25) is 5.95 Å². The summed E-state index contributed by atoms with van der Waals surface area (Å²) in [6.45, 7) is 3.12. The van der Waals surface area contributed by atoms with E-state index < -0.39 is 0 Å². The summed E-state index contributed by atoms with van der Waals surface area (Å²) >= 11 is 0. The average Bonchev–Trinajstić information content (AvgIpc) is 2.54. The zero-order chi connectivity index (χ0) is 9.97. The van der Waals surface area contributed by atoms with Crippen molar-refractivity contribution in [3.8, 4) is 0 Å². The van der Waals surface area contributed by atoms with Gasteiger partial charge in [0.1, 0.15) is 0 Å². The van der Waals surface area contributed by atoms with E-state index in [1.165, 1.54) is 5.52 Å². The van der Waals surface area contributed by atoms with Crippen molar-refractivity contribution in [2.45, 2.75) is 13.3 Å². The summed E-state index contributed by atoms with van der Waals surface area (Å²) in [5.74, 6) is 0.952. The lowest BCUT2D eigenvalue weighted by Crippen LogP contribution is -2.05. The number of imidazole rings is 1. The molecular formula is C11H15N3. The predicted octanol–water partition coefficient (Wildman–Crippen LogP) is 2.40. The Morgan fingerprint density at radius 1 is 1.36 bits per heavy atom. The summed E-state index contributed by atoms with van der Waals surface area (Å²) in [5, 5.41) is 3.30. The normalized spacial score (nSPS) is 10.7. The highest BCUT2D eigenvalue weighted by atomic mass is 15.2. The molecule has 1 aromatic heterocycles. The Labute approximate surface area is 83.8 Å². The summed E-state index contributed by atoms with van der Waals surface area (Å²) in [7, 11) is 2.04. The molecule has 0 bridgehead atoms. The summed E-state index contributed by atoms with van der Waals surface area (Å²) in [6, 6.07) is 8.17. The maximum atomic E-state index is 4.50. The number of aromatic nitrogens is 2. The highest BCUT2D eigenvalue weighted by Gasteiger charge is 2.04. The first kappa shape index (κ1) is 9.06. The van der Waals surface area contributed by atoms with Gasteiger partial charge in [-0.1, -0.05) is 19.1 Å². The van der Waals surface area contributed by atoms with Crippen LogP contribution >= 0.6 is 0 Å². The molecule has 14 heavy (non-hydrogen) atoms. The van der Waals surface area contributed by atoms with E-state index in [0.29, 0.717) is 0 Å². The second-order valence-electron chi connectivity index (χ2n) is 3.41. The molecule has 0 aliphatic heterocycles. The number of aryl methyl sites for hydroxylation is 1. The van der Waals surface area contributed by atoms with E-state index >= 15 is 0 Å². The van der Waals surface area contributed by atoms with Gasteiger partial charge in [0, 0.05) is 13.6 Å². The van der Waals surface area contributed by atoms with Crippen LogP contribution in [0.25, 0.3) is 11.0 Å². The minimum absolute atomic E-state index is 0.952. The van der Waals surface area contributed by atoms with Gasteiger partial charge in [-0.25, -0.2) is 4.98 Å². The molecular weight excluding hydrogens is 174 g/mol. The Morgan fingerprint density at radius 2 is 2.14 bits per heavy atom. The zero-order valence-corrected chi connectivity index (χ0v) is 8.62. The van der Waals surface area contributed by atoms with Crippen molar-refractivity contribution in [2.24, 2.45) is 7.05 Å². The van der Waals surface area contributed by atoms with Gasteiger partial charge in [-0.2, -0.15) is 0 Å². The van der Waals surface area contributed by atoms with Gasteiger partial charge in [-0.05, 0) is 18.6 Å². The number of nitrogens with zero attached hydrogens (tertiary/aromatic N) is 2. The van der Waals surface area contributed by atoms with Crippen molar-refractivity contribution in [1.29, 1.82) is 0 Å². The minimum atomic E-state index is 0.952. The van der Waals surface area contributed by atoms with E-state index in [0.717, 1.165) is 24.4 Å². The third kappa shape index (κ3) is 1.45. The third-order valence-corrected chi connectivity index (χ3v) is 2.32. The lowest BCUT2D eigenvalue weighted by atomic mass is 10.3. The Bertz CT molecular complexity index is 431. The number of nitrogens with one attached hydrogen (secondary N) is 1. The predicted molar refractivity (Wildman–Crippen MR) is 59.5 cm³/mol. The second kappa shape index (κ2) is 3.70. The smallest absolute Gasteiger partial charge is 0.203 e. The van der Waals surface area contributed by atoms with E-state index in [1.807, 2.05) is 25.2 Å². The molecule has 0 aliphatic carbocycles. The van der Waals surface area contributed by atoms with Crippen LogP contribution in [0.15, 0.2) is 24.3 Å². The SMILES string of the molecule is CCCNc1nc2ccccc2n1C. The molecule has 3 nitrogen and oxygen atoms in total. The number of anilines is 1. The van der Waals surface area contributed by atoms with Crippen LogP contribution in [0.1, 0.15) is 13.3 Å². The molecule has 0 saturated heterocycles. The summed E-state index contributed by atoms with van der Waals surface area (Å²) in [5.41, 5.74) is 2.22. The monoisotopic (exact) mass is 189 g/mol. The summed E-state index contributed by atoms with van der Waals surface area (Å²) in [4.78, 5) is 4.50. The van der Waals surface area contributed by atoms with Crippen LogP contribution in [0.2, 0.25) is 0 Å². The standard InChI is InChI=1S/C11H15N3/c1-3-8-12-11-13-9-6-4-5-7-10(9)14(11)2/h4-7H,3,8H2,1-2H3,(H,12,13). The van der Waals surface area contributed by atoms with Gasteiger partial charge >= 0.3 is 0 Å². The first-order valence-corrected chi connectivity index (χ1v) is 4.98. The average molecular weight is 189 g/mol. The topological polar surface area (TPSA) is 29.9 Å². The largest absolute Gasteiger partial charge is 0.356 e. The molecule has 74 valence electrons. The van der Waals surface area contributed by atoms with Crippen LogP contribution in [-0.2, 0) is 7.05 Å². The van der Waals surface area contributed by atoms with Crippen molar-refractivity contribution in [1.82, 2.24) is 9.55 Å². The van der Waals surface area contributed by atoms with Crippen LogP contribution in [0.3, 0.4) is 0 Å². The third-order valence-electron chi connectivity index (χ3n) is 2.32. The minimum Gasteiger partial charge on any atom is -0.356 e. The highest BCUT2D eigenvalue weighted by molar-refractivity contribution is 5.78. The van der Waals surface area contributed by atoms with E-state index in [-0.39, 0.29) is 0 Å². The zero-order valence-electron chi connectivity index (χ0n) is 8.62. The Hall–Kier alpha value is -1.51. The molecule has 0 fully saturated rings. The molecule has 0 spiro atoms. The molecule has 2 rings (SSSR count). The van der Waals surface area contributed by atoms with Gasteiger partial charge in [0.15, 0.2) is 0 Å². The molecule has 1 heterocycles. The van der Waals surface area contributed by atoms with Gasteiger partial charge in [-0.3, -0.25) is 0 Å². The molecule has 0 radical (unpaired) electrons. The van der Waals surface area contributed by atoms with Crippen LogP contribution in [0.4, 0.5) is 5.95 Å². The molecule has 2 aromatic rings. The Balaban J connectivity index is 2.41. The molecule has 0 atom stereocenters. The number of rotatable bonds is 3. The first-order valence-electron chi connectivity index (χ1n) is 4.98. The van der Waals surface area contributed by atoms with Crippen LogP contribution in [-0.4, -0.2) is 16.1 Å². The van der Waals surface area contributed by atoms with Crippen LogP contribution in [0.5, 0.6) is 0 Å². The number of hydrogen-bond donors (Lipinski definition) is 1. The lowest BCUT2D eigenvalue weighted by molar-refractivity contribution is 0.899. The Morgan fingerprint density at radius 3 is 2.86 bits per heavy atom. The van der Waals surface area contributed by atoms with Gasteiger partial charge in [0.25, 0.3) is 0 Å². The van der Waals surface area contributed by atoms with Crippen LogP contribution in [0, 0.1) is 0 Å². The van der Waals surface area contributed by atoms with Crippen LogP contribution < -0.4 is 5.32 Å². The van der Waals surface area contributed by atoms with Crippen molar-refractivity contribution in [3.63, 3.8) is 0 Å². The summed E-state index contributed by atoms with van der Waals surface area (Å²) in [6.07, 6.45) is 1.11. The van der Waals surface area contributed by atoms with Gasteiger partial charge in [0.05, 0.1) is 11.0 Å². The first-order chi connectivity index (χ1) is 6.83. The lowest BCUT2D eigenvalue weighted by Gasteiger charge is -2.03. The van der Waals surface area contributed by atoms with Crippen molar-refractivity contribution in [2.75, 3.05) is 11.9 Å². The molecule has 1 aromatic carbocycles. The van der Waals surface area contributed by atoms with Crippen molar-refractivity contribution < 1.29 is 0 Å². The molecule has 0 unspecified atom stereocenters. The number of fused-ring (bicyclic) bond motifs is 1. The molecule has 1 N–H and O–H groups in total. The number of hydrogen-bond acceptors (Lipinski definition) is 2. The van der Waals surface area contributed by atoms with E-state index in [9.17, 15) is 0 Å². The van der Waals surface area contributed by atoms with E-state index in [2.05, 4.69) is 27.9 Å². The number of benzene rings is 1. The van der Waals surface area contributed by atoms with Crippen molar-refractivity contribution in [3.05, 3.63) is 24.3 Å². The van der Waals surface area contributed by atoms with Crippen molar-refractivity contribution >= 4 is 17.0 Å². The van der Waals surface area contributed by atoms with E-state index in [4.69, 9.17) is 0 Å². The van der Waals surface area contributed by atoms with Gasteiger partial charge in [-0.15, -0.1) is 0 Å². The fourth-order valence-electron chi connectivity index (χ4n) is 1.54. The highest BCUT2D eigenvalue weighted by Crippen LogP contribution is 2.17.